The van der Waals surface area contributed by atoms with E-state index in [1.165, 1.54) is 6.26 Å². The quantitative estimate of drug-likeness (QED) is 0.504. The number of furan rings is 1. The van der Waals surface area contributed by atoms with Gasteiger partial charge in [-0.15, -0.1) is 5.10 Å². The smallest absolute Gasteiger partial charge is 0.332 e. The Morgan fingerprint density at radius 3 is 2.48 bits per heavy atom. The number of imide groups is 1. The fraction of sp³-hybridized carbons (Fsp3) is 0. The SMILES string of the molecule is O=CN(C(=O)c1cccc(-c2ccccc2)c1)c1nnc(-c2ccco2)o1. The lowest BCUT2D eigenvalue weighted by molar-refractivity contribution is -0.107. The summed E-state index contributed by atoms with van der Waals surface area (Å²) in [6.45, 7) is 0. The van der Waals surface area contributed by atoms with E-state index in [0.29, 0.717) is 17.7 Å². The highest BCUT2D eigenvalue weighted by atomic mass is 16.4. The van der Waals surface area contributed by atoms with Crippen LogP contribution < -0.4 is 4.90 Å². The van der Waals surface area contributed by atoms with Gasteiger partial charge in [-0.1, -0.05) is 47.6 Å². The summed E-state index contributed by atoms with van der Waals surface area (Å²) in [7, 11) is 0. The minimum atomic E-state index is -0.572. The van der Waals surface area contributed by atoms with Crippen molar-refractivity contribution in [2.45, 2.75) is 0 Å². The molecule has 2 aromatic heterocycles. The number of hydrogen-bond donors (Lipinski definition) is 0. The largest absolute Gasteiger partial charge is 0.459 e. The van der Waals surface area contributed by atoms with Crippen molar-refractivity contribution < 1.29 is 18.4 Å². The molecule has 4 aromatic rings. The Kier molecular flexibility index (Phi) is 4.32. The Balaban J connectivity index is 1.64. The Morgan fingerprint density at radius 2 is 1.74 bits per heavy atom. The van der Waals surface area contributed by atoms with E-state index in [2.05, 4.69) is 10.2 Å². The first-order valence-corrected chi connectivity index (χ1v) is 8.08. The zero-order valence-electron chi connectivity index (χ0n) is 14.0. The molecule has 0 spiro atoms. The molecule has 0 aliphatic carbocycles. The summed E-state index contributed by atoms with van der Waals surface area (Å²) in [4.78, 5) is 25.1. The van der Waals surface area contributed by atoms with Crippen molar-refractivity contribution in [2.24, 2.45) is 0 Å². The van der Waals surface area contributed by atoms with Gasteiger partial charge in [-0.2, -0.15) is 4.90 Å². The lowest BCUT2D eigenvalue weighted by Crippen LogP contribution is -2.29. The number of rotatable bonds is 5. The van der Waals surface area contributed by atoms with Gasteiger partial charge in [-0.05, 0) is 35.4 Å². The summed E-state index contributed by atoms with van der Waals surface area (Å²) in [5, 5.41) is 7.57. The first kappa shape index (κ1) is 16.5. The van der Waals surface area contributed by atoms with Crippen molar-refractivity contribution in [1.29, 1.82) is 0 Å². The molecule has 2 amide bonds. The molecule has 2 aromatic carbocycles. The number of carbonyl (C=O) groups is 2. The number of nitrogens with zero attached hydrogens (tertiary/aromatic N) is 3. The molecule has 27 heavy (non-hydrogen) atoms. The highest BCUT2D eigenvalue weighted by Crippen LogP contribution is 2.24. The van der Waals surface area contributed by atoms with E-state index in [-0.39, 0.29) is 11.9 Å². The predicted molar refractivity (Wildman–Crippen MR) is 96.8 cm³/mol. The van der Waals surface area contributed by atoms with Crippen LogP contribution in [0.2, 0.25) is 0 Å². The maximum atomic E-state index is 12.8. The van der Waals surface area contributed by atoms with Gasteiger partial charge in [0.05, 0.1) is 6.26 Å². The van der Waals surface area contributed by atoms with Crippen LogP contribution in [0.15, 0.2) is 81.8 Å². The molecular formula is C20H13N3O4. The number of anilines is 1. The molecule has 0 saturated carbocycles. The number of carbonyl (C=O) groups excluding carboxylic acids is 2. The molecular weight excluding hydrogens is 346 g/mol. The lowest BCUT2D eigenvalue weighted by Gasteiger charge is -2.11. The number of aromatic nitrogens is 2. The maximum Gasteiger partial charge on any atom is 0.332 e. The average Bonchev–Trinajstić information content (AvgIpc) is 3.41. The number of benzene rings is 2. The molecule has 0 N–H and O–H groups in total. The van der Waals surface area contributed by atoms with Gasteiger partial charge >= 0.3 is 6.01 Å². The fourth-order valence-corrected chi connectivity index (χ4v) is 2.59. The molecule has 0 saturated heterocycles. The summed E-state index contributed by atoms with van der Waals surface area (Å²) in [5.41, 5.74) is 2.14. The third-order valence-corrected chi connectivity index (χ3v) is 3.89. The van der Waals surface area contributed by atoms with Gasteiger partial charge in [-0.3, -0.25) is 9.59 Å². The lowest BCUT2D eigenvalue weighted by atomic mass is 10.0. The van der Waals surface area contributed by atoms with E-state index in [1.54, 1.807) is 30.3 Å². The summed E-state index contributed by atoms with van der Waals surface area (Å²) in [6, 6.07) is 19.7. The van der Waals surface area contributed by atoms with Crippen LogP contribution in [0.4, 0.5) is 6.01 Å². The molecule has 132 valence electrons. The van der Waals surface area contributed by atoms with E-state index >= 15 is 0 Å². The summed E-state index contributed by atoms with van der Waals surface area (Å²) in [6.07, 6.45) is 1.80. The van der Waals surface area contributed by atoms with Gasteiger partial charge < -0.3 is 8.83 Å². The predicted octanol–water partition coefficient (Wildman–Crippen LogP) is 3.80. The Bertz CT molecular complexity index is 1070. The van der Waals surface area contributed by atoms with Gasteiger partial charge in [0, 0.05) is 5.56 Å². The summed E-state index contributed by atoms with van der Waals surface area (Å²) >= 11 is 0. The van der Waals surface area contributed by atoms with Crippen LogP contribution in [0.5, 0.6) is 0 Å². The molecule has 4 rings (SSSR count). The minimum absolute atomic E-state index is 0.0766. The second-order valence-corrected chi connectivity index (χ2v) is 5.59. The Hall–Kier alpha value is -4.00. The van der Waals surface area contributed by atoms with Crippen molar-refractivity contribution in [3.05, 3.63) is 78.6 Å². The molecule has 0 unspecified atom stereocenters. The van der Waals surface area contributed by atoms with Gasteiger partial charge in [0.2, 0.25) is 6.41 Å². The Morgan fingerprint density at radius 1 is 0.926 bits per heavy atom. The van der Waals surface area contributed by atoms with Crippen LogP contribution in [0.1, 0.15) is 10.4 Å². The highest BCUT2D eigenvalue weighted by Gasteiger charge is 2.24. The third-order valence-electron chi connectivity index (χ3n) is 3.89. The average molecular weight is 359 g/mol. The Labute approximate surface area is 153 Å². The normalized spacial score (nSPS) is 10.5. The fourth-order valence-electron chi connectivity index (χ4n) is 2.59. The van der Waals surface area contributed by atoms with Gasteiger partial charge in [0.1, 0.15) is 0 Å². The topological polar surface area (TPSA) is 89.4 Å². The second kappa shape index (κ2) is 7.09. The first-order chi connectivity index (χ1) is 13.3. The van der Waals surface area contributed by atoms with E-state index in [4.69, 9.17) is 8.83 Å². The monoisotopic (exact) mass is 359 g/mol. The molecule has 7 nitrogen and oxygen atoms in total. The second-order valence-electron chi connectivity index (χ2n) is 5.59. The van der Waals surface area contributed by atoms with Crippen molar-refractivity contribution in [3.63, 3.8) is 0 Å². The number of hydrogen-bond acceptors (Lipinski definition) is 6. The molecule has 0 fully saturated rings. The van der Waals surface area contributed by atoms with E-state index in [1.807, 2.05) is 36.4 Å². The zero-order valence-corrected chi connectivity index (χ0v) is 14.0. The molecule has 0 aliphatic heterocycles. The first-order valence-electron chi connectivity index (χ1n) is 8.08. The van der Waals surface area contributed by atoms with Crippen LogP contribution in [0.25, 0.3) is 22.8 Å². The maximum absolute atomic E-state index is 12.8. The van der Waals surface area contributed by atoms with E-state index in [0.717, 1.165) is 16.0 Å². The van der Waals surface area contributed by atoms with Crippen LogP contribution >= 0.6 is 0 Å². The molecule has 2 heterocycles. The van der Waals surface area contributed by atoms with E-state index < -0.39 is 5.91 Å². The van der Waals surface area contributed by atoms with Gasteiger partial charge in [0.25, 0.3) is 11.8 Å². The standard InChI is InChI=1S/C20H13N3O4/c24-13-23(20-22-21-18(27-20)17-10-5-11-26-17)19(25)16-9-4-8-15(12-16)14-6-2-1-3-7-14/h1-13H. The summed E-state index contributed by atoms with van der Waals surface area (Å²) < 4.78 is 10.6. The molecule has 0 bridgehead atoms. The zero-order chi connectivity index (χ0) is 18.6. The van der Waals surface area contributed by atoms with E-state index in [9.17, 15) is 9.59 Å². The molecule has 0 aliphatic rings. The van der Waals surface area contributed by atoms with Crippen molar-refractivity contribution in [3.8, 4) is 22.8 Å². The summed E-state index contributed by atoms with van der Waals surface area (Å²) in [5.74, 6) is -0.150. The van der Waals surface area contributed by atoms with Crippen LogP contribution in [-0.4, -0.2) is 22.5 Å². The van der Waals surface area contributed by atoms with Gasteiger partial charge in [-0.25, -0.2) is 0 Å². The minimum Gasteiger partial charge on any atom is -0.459 e. The third kappa shape index (κ3) is 3.25. The van der Waals surface area contributed by atoms with Crippen molar-refractivity contribution in [1.82, 2.24) is 10.2 Å². The van der Waals surface area contributed by atoms with Crippen LogP contribution in [0, 0.1) is 0 Å². The molecule has 0 radical (unpaired) electrons. The molecule has 0 atom stereocenters. The number of amides is 2. The highest BCUT2D eigenvalue weighted by molar-refractivity contribution is 6.14. The molecule has 7 heteroatoms. The van der Waals surface area contributed by atoms with Crippen molar-refractivity contribution >= 4 is 18.3 Å². The van der Waals surface area contributed by atoms with Crippen LogP contribution in [-0.2, 0) is 4.79 Å². The van der Waals surface area contributed by atoms with Crippen LogP contribution in [0.3, 0.4) is 0 Å². The van der Waals surface area contributed by atoms with Gasteiger partial charge in [0.15, 0.2) is 5.76 Å². The van der Waals surface area contributed by atoms with Crippen molar-refractivity contribution in [2.75, 3.05) is 4.90 Å².